The topological polar surface area (TPSA) is 40.6 Å². The van der Waals surface area contributed by atoms with E-state index in [4.69, 9.17) is 0 Å². The number of ketones is 1. The predicted octanol–water partition coefficient (Wildman–Crippen LogP) is 3.37. The van der Waals surface area contributed by atoms with E-state index in [2.05, 4.69) is 4.90 Å². The minimum absolute atomic E-state index is 0.0345. The second kappa shape index (κ2) is 8.56. The Morgan fingerprint density at radius 1 is 1.15 bits per heavy atom. The number of carbonyl (C=O) groups excluding carboxylic acids is 2. The maximum Gasteiger partial charge on any atom is 0.227 e. The summed E-state index contributed by atoms with van der Waals surface area (Å²) in [5.41, 5.74) is 1.60. The molecule has 6 heteroatoms. The molecule has 1 fully saturated rings. The van der Waals surface area contributed by atoms with Crippen LogP contribution in [-0.2, 0) is 17.8 Å². The fourth-order valence-electron chi connectivity index (χ4n) is 3.19. The van der Waals surface area contributed by atoms with E-state index in [1.165, 1.54) is 24.3 Å². The van der Waals surface area contributed by atoms with E-state index in [0.29, 0.717) is 30.0 Å². The molecule has 26 heavy (non-hydrogen) atoms. The zero-order valence-corrected chi connectivity index (χ0v) is 15.7. The summed E-state index contributed by atoms with van der Waals surface area (Å²) in [6.07, 6.45) is 1.21. The number of halogens is 1. The molecule has 0 radical (unpaired) electrons. The van der Waals surface area contributed by atoms with Crippen LogP contribution in [0, 0.1) is 5.82 Å². The zero-order chi connectivity index (χ0) is 18.5. The van der Waals surface area contributed by atoms with Gasteiger partial charge in [-0.05, 0) is 36.4 Å². The molecule has 0 atom stereocenters. The van der Waals surface area contributed by atoms with Crippen molar-refractivity contribution in [3.63, 3.8) is 0 Å². The number of amides is 1. The Morgan fingerprint density at radius 3 is 2.69 bits per heavy atom. The standard InChI is InChI=1S/C20H23FN2O2S/c1-15(24)19-11-16(14-26-19)12-20(25)23-8-4-7-22(9-10-23)13-17-5-2-3-6-18(17)21/h2-3,5-6,11,14H,4,7-10,12-13H2,1H3. The fourth-order valence-corrected chi connectivity index (χ4v) is 4.00. The van der Waals surface area contributed by atoms with E-state index >= 15 is 0 Å². The number of rotatable bonds is 5. The van der Waals surface area contributed by atoms with Gasteiger partial charge in [-0.2, -0.15) is 0 Å². The largest absolute Gasteiger partial charge is 0.341 e. The van der Waals surface area contributed by atoms with E-state index in [-0.39, 0.29) is 17.5 Å². The van der Waals surface area contributed by atoms with Crippen molar-refractivity contribution in [1.82, 2.24) is 9.80 Å². The highest BCUT2D eigenvalue weighted by Crippen LogP contribution is 2.17. The highest BCUT2D eigenvalue weighted by molar-refractivity contribution is 7.12. The molecule has 1 amide bonds. The van der Waals surface area contributed by atoms with Crippen LogP contribution in [-0.4, -0.2) is 47.7 Å². The van der Waals surface area contributed by atoms with Gasteiger partial charge in [-0.25, -0.2) is 4.39 Å². The number of benzene rings is 1. The number of nitrogens with zero attached hydrogens (tertiary/aromatic N) is 2. The quantitative estimate of drug-likeness (QED) is 0.754. The normalized spacial score (nSPS) is 15.7. The third kappa shape index (κ3) is 4.77. The van der Waals surface area contributed by atoms with Gasteiger partial charge in [0.1, 0.15) is 5.82 Å². The van der Waals surface area contributed by atoms with Crippen molar-refractivity contribution in [2.75, 3.05) is 26.2 Å². The van der Waals surface area contributed by atoms with Gasteiger partial charge in [-0.15, -0.1) is 11.3 Å². The number of hydrogen-bond donors (Lipinski definition) is 0. The lowest BCUT2D eigenvalue weighted by molar-refractivity contribution is -0.130. The smallest absolute Gasteiger partial charge is 0.227 e. The predicted molar refractivity (Wildman–Crippen MR) is 101 cm³/mol. The highest BCUT2D eigenvalue weighted by Gasteiger charge is 2.20. The summed E-state index contributed by atoms with van der Waals surface area (Å²) in [4.78, 5) is 28.7. The van der Waals surface area contributed by atoms with Gasteiger partial charge in [0, 0.05) is 38.3 Å². The summed E-state index contributed by atoms with van der Waals surface area (Å²) in [5, 5.41) is 1.89. The van der Waals surface area contributed by atoms with Crippen LogP contribution in [0.15, 0.2) is 35.7 Å². The second-order valence-corrected chi connectivity index (χ2v) is 7.57. The van der Waals surface area contributed by atoms with Crippen molar-refractivity contribution in [2.45, 2.75) is 26.3 Å². The van der Waals surface area contributed by atoms with Crippen molar-refractivity contribution in [1.29, 1.82) is 0 Å². The Balaban J connectivity index is 1.55. The SMILES string of the molecule is CC(=O)c1cc(CC(=O)N2CCCN(Cc3ccccc3F)CC2)cs1. The molecule has 138 valence electrons. The monoisotopic (exact) mass is 374 g/mol. The molecule has 2 aromatic rings. The van der Waals surface area contributed by atoms with Crippen molar-refractivity contribution in [3.8, 4) is 0 Å². The van der Waals surface area contributed by atoms with Crippen LogP contribution in [0.3, 0.4) is 0 Å². The first-order chi connectivity index (χ1) is 12.5. The molecule has 0 aliphatic carbocycles. The third-order valence-corrected chi connectivity index (χ3v) is 5.73. The van der Waals surface area contributed by atoms with Gasteiger partial charge >= 0.3 is 0 Å². The molecule has 1 aromatic heterocycles. The van der Waals surface area contributed by atoms with Crippen molar-refractivity contribution < 1.29 is 14.0 Å². The van der Waals surface area contributed by atoms with Gasteiger partial charge in [0.25, 0.3) is 0 Å². The molecule has 3 rings (SSSR count). The van der Waals surface area contributed by atoms with E-state index in [1.807, 2.05) is 28.5 Å². The number of hydrogen-bond acceptors (Lipinski definition) is 4. The van der Waals surface area contributed by atoms with Crippen LogP contribution < -0.4 is 0 Å². The summed E-state index contributed by atoms with van der Waals surface area (Å²) in [6.45, 7) is 5.07. The van der Waals surface area contributed by atoms with Gasteiger partial charge in [0.15, 0.2) is 5.78 Å². The molecule has 1 aliphatic rings. The van der Waals surface area contributed by atoms with E-state index in [1.54, 1.807) is 6.07 Å². The van der Waals surface area contributed by atoms with Crippen LogP contribution in [0.25, 0.3) is 0 Å². The van der Waals surface area contributed by atoms with Crippen LogP contribution >= 0.6 is 11.3 Å². The molecule has 4 nitrogen and oxygen atoms in total. The summed E-state index contributed by atoms with van der Waals surface area (Å²) in [7, 11) is 0. The molecule has 0 N–H and O–H groups in total. The van der Waals surface area contributed by atoms with Gasteiger partial charge in [-0.1, -0.05) is 18.2 Å². The minimum Gasteiger partial charge on any atom is -0.341 e. The first-order valence-electron chi connectivity index (χ1n) is 8.85. The second-order valence-electron chi connectivity index (χ2n) is 6.65. The molecular formula is C20H23FN2O2S. The Morgan fingerprint density at radius 2 is 1.96 bits per heavy atom. The first-order valence-corrected chi connectivity index (χ1v) is 9.73. The molecule has 1 aromatic carbocycles. The number of carbonyl (C=O) groups is 2. The maximum atomic E-state index is 13.8. The molecule has 1 saturated heterocycles. The molecular weight excluding hydrogens is 351 g/mol. The van der Waals surface area contributed by atoms with Gasteiger partial charge in [-0.3, -0.25) is 14.5 Å². The Bertz CT molecular complexity index is 790. The maximum absolute atomic E-state index is 13.8. The fraction of sp³-hybridized carbons (Fsp3) is 0.400. The summed E-state index contributed by atoms with van der Waals surface area (Å²) in [5.74, 6) is -0.0543. The molecule has 0 unspecified atom stereocenters. The van der Waals surface area contributed by atoms with Gasteiger partial charge in [0.05, 0.1) is 11.3 Å². The van der Waals surface area contributed by atoms with E-state index in [9.17, 15) is 14.0 Å². The molecule has 1 aliphatic heterocycles. The summed E-state index contributed by atoms with van der Waals surface area (Å²) < 4.78 is 13.8. The van der Waals surface area contributed by atoms with Crippen LogP contribution in [0.1, 0.15) is 34.1 Å². The summed E-state index contributed by atoms with van der Waals surface area (Å²) in [6, 6.07) is 8.66. The average Bonchev–Trinajstić information content (AvgIpc) is 2.95. The van der Waals surface area contributed by atoms with Crippen molar-refractivity contribution in [3.05, 3.63) is 57.5 Å². The zero-order valence-electron chi connectivity index (χ0n) is 14.9. The Hall–Kier alpha value is -2.05. The van der Waals surface area contributed by atoms with Crippen LogP contribution in [0.2, 0.25) is 0 Å². The van der Waals surface area contributed by atoms with E-state index < -0.39 is 0 Å². The van der Waals surface area contributed by atoms with E-state index in [0.717, 1.165) is 31.6 Å². The Labute approximate surface area is 157 Å². The first kappa shape index (κ1) is 18.7. The molecule has 0 spiro atoms. The Kier molecular flexibility index (Phi) is 6.16. The van der Waals surface area contributed by atoms with Gasteiger partial charge in [0.2, 0.25) is 5.91 Å². The lowest BCUT2D eigenvalue weighted by Gasteiger charge is -2.22. The molecule has 0 saturated carbocycles. The molecule has 0 bridgehead atoms. The van der Waals surface area contributed by atoms with Crippen molar-refractivity contribution in [2.24, 2.45) is 0 Å². The average molecular weight is 374 g/mol. The highest BCUT2D eigenvalue weighted by atomic mass is 32.1. The lowest BCUT2D eigenvalue weighted by Crippen LogP contribution is -2.36. The van der Waals surface area contributed by atoms with Crippen molar-refractivity contribution >= 4 is 23.0 Å². The third-order valence-electron chi connectivity index (χ3n) is 4.65. The van der Waals surface area contributed by atoms with Crippen LogP contribution in [0.4, 0.5) is 4.39 Å². The molecule has 2 heterocycles. The summed E-state index contributed by atoms with van der Waals surface area (Å²) >= 11 is 1.39. The van der Waals surface area contributed by atoms with Gasteiger partial charge < -0.3 is 4.90 Å². The van der Waals surface area contributed by atoms with Crippen LogP contribution in [0.5, 0.6) is 0 Å². The minimum atomic E-state index is -0.177. The number of Topliss-reactive ketones (excluding diaryl/α,β-unsaturated/α-hetero) is 1. The number of thiophene rings is 1. The lowest BCUT2D eigenvalue weighted by atomic mass is 10.2.